The van der Waals surface area contributed by atoms with Gasteiger partial charge in [-0.05, 0) is 30.7 Å². The van der Waals surface area contributed by atoms with Crippen LogP contribution in [0.1, 0.15) is 43.4 Å². The van der Waals surface area contributed by atoms with E-state index in [4.69, 9.17) is 0 Å². The Morgan fingerprint density at radius 1 is 1.08 bits per heavy atom. The number of nitrogens with zero attached hydrogens (tertiary/aromatic N) is 2. The number of aryl methyl sites for hydroxylation is 1. The minimum atomic E-state index is 0.0487. The normalized spacial score (nSPS) is 19.3. The van der Waals surface area contributed by atoms with Crippen molar-refractivity contribution in [1.29, 1.82) is 0 Å². The summed E-state index contributed by atoms with van der Waals surface area (Å²) in [7, 11) is 0. The summed E-state index contributed by atoms with van der Waals surface area (Å²) in [5.74, 6) is 0.204. The van der Waals surface area contributed by atoms with Crippen LogP contribution in [0.5, 0.6) is 0 Å². The van der Waals surface area contributed by atoms with Crippen LogP contribution in [0.2, 0.25) is 0 Å². The molecule has 3 amide bonds. The summed E-state index contributed by atoms with van der Waals surface area (Å²) < 4.78 is 0. The Labute approximate surface area is 148 Å². The van der Waals surface area contributed by atoms with Crippen molar-refractivity contribution in [2.75, 3.05) is 26.2 Å². The van der Waals surface area contributed by atoms with Gasteiger partial charge in [-0.15, -0.1) is 11.3 Å². The molecule has 0 aromatic carbocycles. The van der Waals surface area contributed by atoms with E-state index >= 15 is 0 Å². The Balaban J connectivity index is 1.38. The zero-order valence-corrected chi connectivity index (χ0v) is 15.0. The first kappa shape index (κ1) is 17.3. The van der Waals surface area contributed by atoms with Gasteiger partial charge in [0.25, 0.3) is 0 Å². The maximum Gasteiger partial charge on any atom is 0.317 e. The third-order valence-corrected chi connectivity index (χ3v) is 5.95. The number of piperazine rings is 1. The van der Waals surface area contributed by atoms with Crippen LogP contribution in [0.25, 0.3) is 0 Å². The first-order valence-corrected chi connectivity index (χ1v) is 9.96. The monoisotopic (exact) mass is 349 g/mol. The van der Waals surface area contributed by atoms with Crippen molar-refractivity contribution in [2.45, 2.75) is 51.0 Å². The van der Waals surface area contributed by atoms with Gasteiger partial charge in [-0.25, -0.2) is 4.79 Å². The van der Waals surface area contributed by atoms with Crippen LogP contribution in [0.4, 0.5) is 4.79 Å². The van der Waals surface area contributed by atoms with Gasteiger partial charge in [-0.3, -0.25) is 4.79 Å². The van der Waals surface area contributed by atoms with E-state index < -0.39 is 0 Å². The molecule has 2 heterocycles. The summed E-state index contributed by atoms with van der Waals surface area (Å²) in [6, 6.07) is 4.49. The number of amides is 3. The third-order valence-electron chi connectivity index (χ3n) is 5.02. The number of hydrogen-bond acceptors (Lipinski definition) is 3. The first-order valence-electron chi connectivity index (χ1n) is 9.08. The van der Waals surface area contributed by atoms with Gasteiger partial charge in [0.15, 0.2) is 0 Å². The van der Waals surface area contributed by atoms with E-state index in [0.717, 1.165) is 19.3 Å². The van der Waals surface area contributed by atoms with Gasteiger partial charge in [0.05, 0.1) is 0 Å². The minimum absolute atomic E-state index is 0.0487. The van der Waals surface area contributed by atoms with Crippen molar-refractivity contribution in [3.8, 4) is 0 Å². The molecular formula is C18H27N3O2S. The molecule has 24 heavy (non-hydrogen) atoms. The molecule has 0 atom stereocenters. The summed E-state index contributed by atoms with van der Waals surface area (Å²) in [6.07, 6.45) is 7.32. The second kappa shape index (κ2) is 8.51. The maximum atomic E-state index is 12.3. The highest BCUT2D eigenvalue weighted by Gasteiger charge is 2.25. The van der Waals surface area contributed by atoms with Crippen LogP contribution in [0.15, 0.2) is 17.5 Å². The molecule has 6 heteroatoms. The molecule has 0 bridgehead atoms. The van der Waals surface area contributed by atoms with Crippen LogP contribution < -0.4 is 5.32 Å². The van der Waals surface area contributed by atoms with Crippen LogP contribution in [-0.4, -0.2) is 54.0 Å². The second-order valence-corrected chi connectivity index (χ2v) is 7.76. The van der Waals surface area contributed by atoms with Crippen molar-refractivity contribution < 1.29 is 9.59 Å². The lowest BCUT2D eigenvalue weighted by Crippen LogP contribution is -2.54. The molecule has 2 fully saturated rings. The Kier molecular flexibility index (Phi) is 6.12. The van der Waals surface area contributed by atoms with Crippen LogP contribution in [-0.2, 0) is 11.2 Å². The zero-order chi connectivity index (χ0) is 16.8. The molecule has 1 aliphatic carbocycles. The Bertz CT molecular complexity index is 532. The molecule has 0 spiro atoms. The number of thiophene rings is 1. The van der Waals surface area contributed by atoms with Crippen molar-refractivity contribution in [2.24, 2.45) is 0 Å². The van der Waals surface area contributed by atoms with E-state index in [-0.39, 0.29) is 11.9 Å². The van der Waals surface area contributed by atoms with Crippen molar-refractivity contribution in [1.82, 2.24) is 15.1 Å². The molecule has 1 aromatic heterocycles. The van der Waals surface area contributed by atoms with Gasteiger partial charge in [-0.1, -0.05) is 25.3 Å². The highest BCUT2D eigenvalue weighted by molar-refractivity contribution is 7.09. The average Bonchev–Trinajstić information content (AvgIpc) is 3.14. The number of urea groups is 1. The van der Waals surface area contributed by atoms with E-state index in [1.807, 2.05) is 21.2 Å². The van der Waals surface area contributed by atoms with Crippen LogP contribution in [0.3, 0.4) is 0 Å². The Morgan fingerprint density at radius 3 is 2.46 bits per heavy atom. The molecule has 1 aromatic rings. The summed E-state index contributed by atoms with van der Waals surface area (Å²) >= 11 is 1.70. The van der Waals surface area contributed by atoms with Gasteiger partial charge in [0, 0.05) is 43.5 Å². The van der Waals surface area contributed by atoms with Gasteiger partial charge >= 0.3 is 6.03 Å². The van der Waals surface area contributed by atoms with E-state index in [1.54, 1.807) is 11.3 Å². The first-order chi connectivity index (χ1) is 11.7. The SMILES string of the molecule is O=C(CCc1cccs1)N1CCN(C(=O)NC2CCCCC2)CC1. The highest BCUT2D eigenvalue weighted by atomic mass is 32.1. The standard InChI is InChI=1S/C18H27N3O2S/c22-17(9-8-16-7-4-14-24-16)20-10-12-21(13-11-20)18(23)19-15-5-2-1-3-6-15/h4,7,14-15H,1-3,5-6,8-13H2,(H,19,23). The number of hydrogen-bond donors (Lipinski definition) is 1. The molecule has 0 radical (unpaired) electrons. The molecule has 1 aliphatic heterocycles. The highest BCUT2D eigenvalue weighted by Crippen LogP contribution is 2.18. The lowest BCUT2D eigenvalue weighted by Gasteiger charge is -2.36. The lowest BCUT2D eigenvalue weighted by molar-refractivity contribution is -0.132. The van der Waals surface area contributed by atoms with Crippen molar-refractivity contribution >= 4 is 23.3 Å². The van der Waals surface area contributed by atoms with Crippen molar-refractivity contribution in [3.63, 3.8) is 0 Å². The quantitative estimate of drug-likeness (QED) is 0.909. The van der Waals surface area contributed by atoms with Gasteiger partial charge in [0.1, 0.15) is 0 Å². The van der Waals surface area contributed by atoms with Gasteiger partial charge in [0.2, 0.25) is 5.91 Å². The number of carbonyl (C=O) groups is 2. The van der Waals surface area contributed by atoms with E-state index in [0.29, 0.717) is 38.6 Å². The summed E-state index contributed by atoms with van der Waals surface area (Å²) in [6.45, 7) is 2.59. The van der Waals surface area contributed by atoms with E-state index in [2.05, 4.69) is 11.4 Å². The fraction of sp³-hybridized carbons (Fsp3) is 0.667. The molecule has 1 saturated heterocycles. The number of carbonyl (C=O) groups excluding carboxylic acids is 2. The largest absolute Gasteiger partial charge is 0.339 e. The molecule has 1 saturated carbocycles. The fourth-order valence-electron chi connectivity index (χ4n) is 3.51. The molecule has 1 N–H and O–H groups in total. The number of rotatable bonds is 4. The summed E-state index contributed by atoms with van der Waals surface area (Å²) in [5.41, 5.74) is 0. The Morgan fingerprint density at radius 2 is 1.79 bits per heavy atom. The Hall–Kier alpha value is -1.56. The van der Waals surface area contributed by atoms with Crippen LogP contribution >= 0.6 is 11.3 Å². The smallest absolute Gasteiger partial charge is 0.317 e. The summed E-state index contributed by atoms with van der Waals surface area (Å²) in [4.78, 5) is 29.7. The van der Waals surface area contributed by atoms with Gasteiger partial charge in [-0.2, -0.15) is 0 Å². The molecule has 0 unspecified atom stereocenters. The van der Waals surface area contributed by atoms with E-state index in [9.17, 15) is 9.59 Å². The van der Waals surface area contributed by atoms with E-state index in [1.165, 1.54) is 24.1 Å². The minimum Gasteiger partial charge on any atom is -0.339 e. The number of nitrogens with one attached hydrogen (secondary N) is 1. The molecular weight excluding hydrogens is 322 g/mol. The molecule has 5 nitrogen and oxygen atoms in total. The predicted molar refractivity (Wildman–Crippen MR) is 96.2 cm³/mol. The average molecular weight is 350 g/mol. The van der Waals surface area contributed by atoms with Crippen LogP contribution in [0, 0.1) is 0 Å². The van der Waals surface area contributed by atoms with Crippen molar-refractivity contribution in [3.05, 3.63) is 22.4 Å². The van der Waals surface area contributed by atoms with Gasteiger partial charge < -0.3 is 15.1 Å². The fourth-order valence-corrected chi connectivity index (χ4v) is 4.22. The topological polar surface area (TPSA) is 52.7 Å². The molecule has 2 aliphatic rings. The predicted octanol–water partition coefficient (Wildman–Crippen LogP) is 2.87. The maximum absolute atomic E-state index is 12.3. The molecule has 3 rings (SSSR count). The second-order valence-electron chi connectivity index (χ2n) is 6.73. The molecule has 132 valence electrons. The third kappa shape index (κ3) is 4.72. The lowest BCUT2D eigenvalue weighted by atomic mass is 9.96. The summed E-state index contributed by atoms with van der Waals surface area (Å²) in [5, 5.41) is 5.21. The zero-order valence-electron chi connectivity index (χ0n) is 14.2.